The Morgan fingerprint density at radius 1 is 0.938 bits per heavy atom. The van der Waals surface area contributed by atoms with Gasteiger partial charge in [0.25, 0.3) is 11.8 Å². The average molecular weight is 473 g/mol. The van der Waals surface area contributed by atoms with Gasteiger partial charge in [-0.15, -0.1) is 11.7 Å². The van der Waals surface area contributed by atoms with Crippen LogP contribution >= 0.6 is 22.5 Å². The molecule has 3 unspecified atom stereocenters. The Bertz CT molecular complexity index is 986. The maximum Gasteiger partial charge on any atom is 0.255 e. The van der Waals surface area contributed by atoms with Crippen LogP contribution in [-0.2, 0) is 0 Å². The molecule has 170 valence electrons. The molecule has 0 radical (unpaired) electrons. The fraction of sp³-hybridized carbons (Fsp3) is 0.417. The van der Waals surface area contributed by atoms with Crippen molar-refractivity contribution in [3.8, 4) is 0 Å². The van der Waals surface area contributed by atoms with Gasteiger partial charge in [0.05, 0.1) is 11.6 Å². The third kappa shape index (κ3) is 4.41. The third-order valence-corrected chi connectivity index (χ3v) is 7.72. The summed E-state index contributed by atoms with van der Waals surface area (Å²) >= 11 is 4.29. The van der Waals surface area contributed by atoms with Crippen LogP contribution in [0.2, 0.25) is 0 Å². The highest BCUT2D eigenvalue weighted by Gasteiger charge is 2.41. The summed E-state index contributed by atoms with van der Waals surface area (Å²) in [6, 6.07) is 14.4. The van der Waals surface area contributed by atoms with Crippen molar-refractivity contribution in [2.45, 2.75) is 23.8 Å². The molecule has 2 aliphatic rings. The van der Waals surface area contributed by atoms with E-state index in [1.165, 1.54) is 10.8 Å². The second-order valence-electron chi connectivity index (χ2n) is 8.44. The van der Waals surface area contributed by atoms with Crippen molar-refractivity contribution in [1.82, 2.24) is 9.80 Å². The summed E-state index contributed by atoms with van der Waals surface area (Å²) in [5.41, 5.74) is 1.90. The van der Waals surface area contributed by atoms with E-state index in [1.807, 2.05) is 36.4 Å². The lowest BCUT2D eigenvalue weighted by Gasteiger charge is -2.31. The molecule has 0 bridgehead atoms. The molecule has 2 aliphatic heterocycles. The quantitative estimate of drug-likeness (QED) is 0.444. The van der Waals surface area contributed by atoms with E-state index in [2.05, 4.69) is 11.7 Å². The molecule has 2 N–H and O–H groups in total. The van der Waals surface area contributed by atoms with Gasteiger partial charge in [-0.2, -0.15) is 0 Å². The number of aliphatic hydroxyl groups is 2. The maximum absolute atomic E-state index is 13.6. The predicted molar refractivity (Wildman–Crippen MR) is 128 cm³/mol. The molecule has 32 heavy (non-hydrogen) atoms. The van der Waals surface area contributed by atoms with Crippen LogP contribution in [0.4, 0.5) is 0 Å². The van der Waals surface area contributed by atoms with E-state index in [0.717, 1.165) is 16.9 Å². The molecule has 4 rings (SSSR count). The Balaban J connectivity index is 1.69. The summed E-state index contributed by atoms with van der Waals surface area (Å²) in [7, 11) is 1.23. The van der Waals surface area contributed by atoms with Crippen LogP contribution in [0.1, 0.15) is 45.2 Å². The third-order valence-electron chi connectivity index (χ3n) is 6.58. The minimum atomic E-state index is -0.387. The van der Waals surface area contributed by atoms with Crippen LogP contribution in [0, 0.1) is 11.8 Å². The van der Waals surface area contributed by atoms with Gasteiger partial charge < -0.3 is 20.0 Å². The number of aliphatic hydroxyl groups excluding tert-OH is 2. The number of rotatable bonds is 6. The number of hydrogen-bond donors (Lipinski definition) is 3. The largest absolute Gasteiger partial charge is 0.396 e. The molecule has 2 aromatic carbocycles. The van der Waals surface area contributed by atoms with Crippen LogP contribution < -0.4 is 0 Å². The highest BCUT2D eigenvalue weighted by Crippen LogP contribution is 2.41. The van der Waals surface area contributed by atoms with Gasteiger partial charge in [0.1, 0.15) is 0 Å². The number of carbonyl (C=O) groups excluding carboxylic acids is 2. The number of benzene rings is 2. The molecule has 0 aliphatic carbocycles. The number of carbonyl (C=O) groups is 2. The first-order valence-corrected chi connectivity index (χ1v) is 12.8. The zero-order valence-corrected chi connectivity index (χ0v) is 19.5. The Labute approximate surface area is 197 Å². The molecular formula is C24H28N2O4S2. The van der Waals surface area contributed by atoms with Gasteiger partial charge in [-0.05, 0) is 36.6 Å². The van der Waals surface area contributed by atoms with E-state index >= 15 is 0 Å². The lowest BCUT2D eigenvalue weighted by Crippen LogP contribution is -2.35. The molecular weight excluding hydrogens is 444 g/mol. The van der Waals surface area contributed by atoms with Crippen molar-refractivity contribution in [3.63, 3.8) is 0 Å². The fourth-order valence-electron chi connectivity index (χ4n) is 4.86. The zero-order valence-electron chi connectivity index (χ0n) is 17.8. The topological polar surface area (TPSA) is 81.1 Å². The van der Waals surface area contributed by atoms with Gasteiger partial charge in [-0.3, -0.25) is 9.59 Å². The van der Waals surface area contributed by atoms with Gasteiger partial charge in [0, 0.05) is 55.1 Å². The normalized spacial score (nSPS) is 23.0. The van der Waals surface area contributed by atoms with Gasteiger partial charge >= 0.3 is 0 Å². The minimum Gasteiger partial charge on any atom is -0.396 e. The van der Waals surface area contributed by atoms with Crippen LogP contribution in [0.5, 0.6) is 0 Å². The summed E-state index contributed by atoms with van der Waals surface area (Å²) < 4.78 is 0. The summed E-state index contributed by atoms with van der Waals surface area (Å²) in [4.78, 5) is 31.3. The van der Waals surface area contributed by atoms with E-state index in [1.54, 1.807) is 21.9 Å². The molecule has 0 saturated carbocycles. The second-order valence-corrected chi connectivity index (χ2v) is 9.61. The number of hydrogen-bond acceptors (Lipinski definition) is 6. The monoisotopic (exact) mass is 472 g/mol. The lowest BCUT2D eigenvalue weighted by molar-refractivity contribution is 0.0682. The molecule has 2 aromatic rings. The summed E-state index contributed by atoms with van der Waals surface area (Å²) in [5, 5.41) is 19.6. The van der Waals surface area contributed by atoms with E-state index in [-0.39, 0.29) is 42.9 Å². The van der Waals surface area contributed by atoms with E-state index in [0.29, 0.717) is 37.2 Å². The Morgan fingerprint density at radius 3 is 2.34 bits per heavy atom. The highest BCUT2D eigenvalue weighted by molar-refractivity contribution is 8.68. The molecule has 2 saturated heterocycles. The molecule has 0 aromatic heterocycles. The zero-order chi connectivity index (χ0) is 22.7. The van der Waals surface area contributed by atoms with Crippen LogP contribution in [0.3, 0.4) is 0 Å². The fourth-order valence-corrected chi connectivity index (χ4v) is 5.73. The van der Waals surface area contributed by atoms with Crippen molar-refractivity contribution in [2.75, 3.05) is 32.8 Å². The van der Waals surface area contributed by atoms with Crippen molar-refractivity contribution in [1.29, 1.82) is 0 Å². The number of likely N-dealkylation sites (tertiary alicyclic amines) is 2. The second kappa shape index (κ2) is 10.3. The number of nitrogens with zero attached hydrogens (tertiary/aromatic N) is 2. The summed E-state index contributed by atoms with van der Waals surface area (Å²) in [5.74, 6) is -0.241. The minimum absolute atomic E-state index is 0.0593. The standard InChI is InChI=1S/C24H28N2O4S2/c27-14-16-9-11-25(13-16)23(29)19-6-2-1-5-18(19)22-17(15-28)10-12-26(22)24(30)20-7-3-4-8-21(20)32-31/h1-8,16-17,22,27-28,31H,9-15H2. The molecule has 8 heteroatoms. The van der Waals surface area contributed by atoms with Crippen molar-refractivity contribution in [3.05, 3.63) is 65.2 Å². The van der Waals surface area contributed by atoms with Crippen molar-refractivity contribution >= 4 is 34.3 Å². The molecule has 3 atom stereocenters. The Kier molecular flexibility index (Phi) is 7.45. The van der Waals surface area contributed by atoms with E-state index < -0.39 is 0 Å². The first kappa shape index (κ1) is 23.2. The van der Waals surface area contributed by atoms with Crippen LogP contribution in [0.25, 0.3) is 0 Å². The van der Waals surface area contributed by atoms with Gasteiger partial charge in [-0.1, -0.05) is 41.1 Å². The average Bonchev–Trinajstić information content (AvgIpc) is 3.50. The van der Waals surface area contributed by atoms with Gasteiger partial charge in [0.15, 0.2) is 0 Å². The van der Waals surface area contributed by atoms with Crippen LogP contribution in [0.15, 0.2) is 53.4 Å². The molecule has 0 spiro atoms. The first-order valence-electron chi connectivity index (χ1n) is 10.9. The maximum atomic E-state index is 13.6. The smallest absolute Gasteiger partial charge is 0.255 e. The van der Waals surface area contributed by atoms with Gasteiger partial charge in [-0.25, -0.2) is 0 Å². The SMILES string of the molecule is O=C(c1ccccc1C1C(CO)CCN1C(=O)c1ccccc1SS)N1CCC(CO)C1. The predicted octanol–water partition coefficient (Wildman–Crippen LogP) is 3.27. The Morgan fingerprint density at radius 2 is 1.66 bits per heavy atom. The van der Waals surface area contributed by atoms with Crippen molar-refractivity contribution in [2.24, 2.45) is 11.8 Å². The van der Waals surface area contributed by atoms with Crippen LogP contribution in [-0.4, -0.2) is 64.7 Å². The lowest BCUT2D eigenvalue weighted by atomic mass is 9.90. The highest BCUT2D eigenvalue weighted by atomic mass is 33.1. The molecule has 2 heterocycles. The molecule has 2 fully saturated rings. The summed E-state index contributed by atoms with van der Waals surface area (Å²) in [6.45, 7) is 1.68. The number of thiol groups is 1. The molecule has 6 nitrogen and oxygen atoms in total. The molecule has 2 amide bonds. The van der Waals surface area contributed by atoms with Gasteiger partial charge in [0.2, 0.25) is 0 Å². The Hall–Kier alpha value is -2.00. The van der Waals surface area contributed by atoms with Crippen molar-refractivity contribution < 1.29 is 19.8 Å². The van der Waals surface area contributed by atoms with E-state index in [4.69, 9.17) is 0 Å². The first-order chi connectivity index (χ1) is 15.6. The van der Waals surface area contributed by atoms with E-state index in [9.17, 15) is 19.8 Å². The summed E-state index contributed by atoms with van der Waals surface area (Å²) in [6.07, 6.45) is 1.46. The number of amides is 2.